The predicted octanol–water partition coefficient (Wildman–Crippen LogP) is 2.02. The lowest BCUT2D eigenvalue weighted by molar-refractivity contribution is -0.145. The Morgan fingerprint density at radius 1 is 1.27 bits per heavy atom. The van der Waals surface area contributed by atoms with Gasteiger partial charge in [-0.2, -0.15) is 18.2 Å². The second-order valence-corrected chi connectivity index (χ2v) is 5.59. The molecule has 0 aliphatic carbocycles. The molecule has 26 heavy (non-hydrogen) atoms. The van der Waals surface area contributed by atoms with Crippen LogP contribution in [0.4, 0.5) is 24.8 Å². The fourth-order valence-electron chi connectivity index (χ4n) is 2.40. The van der Waals surface area contributed by atoms with E-state index in [0.717, 1.165) is 4.68 Å². The Morgan fingerprint density at radius 3 is 2.50 bits per heavy atom. The molecule has 1 aliphatic heterocycles. The summed E-state index contributed by atoms with van der Waals surface area (Å²) in [5.74, 6) is -3.42. The number of anilines is 2. The van der Waals surface area contributed by atoms with E-state index in [0.29, 0.717) is 11.3 Å². The molecule has 2 amide bonds. The van der Waals surface area contributed by atoms with Gasteiger partial charge in [-0.15, -0.1) is 5.10 Å². The highest BCUT2D eigenvalue weighted by molar-refractivity contribution is 6.01. The van der Waals surface area contributed by atoms with E-state index in [2.05, 4.69) is 20.7 Å². The highest BCUT2D eigenvalue weighted by Crippen LogP contribution is 2.31. The molecule has 1 aromatic carbocycles. The van der Waals surface area contributed by atoms with Crippen LogP contribution in [-0.2, 0) is 15.8 Å². The fraction of sp³-hybridized carbons (Fsp3) is 0.267. The largest absolute Gasteiger partial charge is 0.453 e. The Balaban J connectivity index is 1.85. The number of hydrogen-bond acceptors (Lipinski definition) is 5. The van der Waals surface area contributed by atoms with Crippen LogP contribution in [0, 0.1) is 0 Å². The van der Waals surface area contributed by atoms with Gasteiger partial charge in [-0.1, -0.05) is 0 Å². The summed E-state index contributed by atoms with van der Waals surface area (Å²) in [4.78, 5) is 38.6. The number of fused-ring (bicyclic) bond motifs is 1. The number of nitrogens with zero attached hydrogens (tertiary/aromatic N) is 3. The lowest BCUT2D eigenvalue weighted by Crippen LogP contribution is -2.36. The van der Waals surface area contributed by atoms with Crippen molar-refractivity contribution in [3.05, 3.63) is 35.7 Å². The molecule has 3 rings (SSSR count). The van der Waals surface area contributed by atoms with Gasteiger partial charge >= 0.3 is 6.18 Å². The smallest absolute Gasteiger partial charge is 0.324 e. The van der Waals surface area contributed by atoms with Gasteiger partial charge in [-0.05, 0) is 31.2 Å². The van der Waals surface area contributed by atoms with E-state index in [-0.39, 0.29) is 12.2 Å². The maximum absolute atomic E-state index is 12.8. The van der Waals surface area contributed by atoms with Crippen molar-refractivity contribution in [2.75, 3.05) is 10.6 Å². The molecular weight excluding hydrogens is 355 g/mol. The summed E-state index contributed by atoms with van der Waals surface area (Å²) < 4.78 is 39.1. The van der Waals surface area contributed by atoms with Gasteiger partial charge in [0.05, 0.1) is 6.42 Å². The topological polar surface area (TPSA) is 106 Å². The number of aromatic nitrogens is 3. The van der Waals surface area contributed by atoms with Gasteiger partial charge in [-0.25, -0.2) is 4.68 Å². The van der Waals surface area contributed by atoms with E-state index < -0.39 is 35.8 Å². The summed E-state index contributed by atoms with van der Waals surface area (Å²) in [6.07, 6.45) is -5.19. The molecule has 0 bridgehead atoms. The minimum absolute atomic E-state index is 0.154. The first-order valence-electron chi connectivity index (χ1n) is 7.40. The normalized spacial score (nSPS) is 16.6. The molecule has 2 heterocycles. The Kier molecular flexibility index (Phi) is 4.22. The van der Waals surface area contributed by atoms with Crippen molar-refractivity contribution in [2.45, 2.75) is 25.6 Å². The van der Waals surface area contributed by atoms with Gasteiger partial charge in [-0.3, -0.25) is 19.7 Å². The third kappa shape index (κ3) is 3.41. The van der Waals surface area contributed by atoms with Crippen molar-refractivity contribution < 1.29 is 27.6 Å². The number of benzene rings is 1. The maximum atomic E-state index is 12.8. The van der Waals surface area contributed by atoms with Gasteiger partial charge in [0.1, 0.15) is 6.04 Å². The van der Waals surface area contributed by atoms with E-state index in [1.165, 1.54) is 31.2 Å². The molecule has 136 valence electrons. The van der Waals surface area contributed by atoms with Crippen LogP contribution >= 0.6 is 0 Å². The summed E-state index contributed by atoms with van der Waals surface area (Å²) in [6, 6.07) is 4.65. The molecule has 8 nitrogen and oxygen atoms in total. The first-order valence-corrected chi connectivity index (χ1v) is 7.40. The lowest BCUT2D eigenvalue weighted by atomic mass is 10.1. The van der Waals surface area contributed by atoms with Crippen molar-refractivity contribution in [2.24, 2.45) is 0 Å². The predicted molar refractivity (Wildman–Crippen MR) is 82.4 cm³/mol. The number of amides is 2. The van der Waals surface area contributed by atoms with Crippen LogP contribution in [0.1, 0.15) is 35.6 Å². The van der Waals surface area contributed by atoms with Crippen LogP contribution in [0.3, 0.4) is 0 Å². The minimum atomic E-state index is -4.81. The molecule has 1 aromatic heterocycles. The van der Waals surface area contributed by atoms with Crippen molar-refractivity contribution in [1.82, 2.24) is 14.8 Å². The second kappa shape index (κ2) is 6.24. The zero-order valence-corrected chi connectivity index (χ0v) is 13.3. The van der Waals surface area contributed by atoms with Crippen LogP contribution in [0.25, 0.3) is 0 Å². The van der Waals surface area contributed by atoms with Crippen LogP contribution in [0.15, 0.2) is 24.3 Å². The number of rotatable bonds is 3. The molecule has 11 heteroatoms. The van der Waals surface area contributed by atoms with Crippen molar-refractivity contribution in [3.63, 3.8) is 0 Å². The van der Waals surface area contributed by atoms with E-state index in [1.807, 2.05) is 0 Å². The van der Waals surface area contributed by atoms with E-state index in [9.17, 15) is 27.6 Å². The first-order chi connectivity index (χ1) is 12.1. The zero-order chi connectivity index (χ0) is 19.1. The number of carbonyl (C=O) groups is 3. The average Bonchev–Trinajstić information content (AvgIpc) is 2.98. The van der Waals surface area contributed by atoms with Crippen LogP contribution in [0.2, 0.25) is 0 Å². The van der Waals surface area contributed by atoms with Crippen molar-refractivity contribution >= 4 is 29.2 Å². The number of halogens is 3. The van der Waals surface area contributed by atoms with Crippen molar-refractivity contribution in [1.29, 1.82) is 0 Å². The zero-order valence-electron chi connectivity index (χ0n) is 13.3. The van der Waals surface area contributed by atoms with Gasteiger partial charge in [0.2, 0.25) is 17.8 Å². The van der Waals surface area contributed by atoms with E-state index in [4.69, 9.17) is 0 Å². The standard InChI is InChI=1S/C15H12F3N5O3/c1-7(24)8-2-4-9(5-3-8)19-12(26)10-6-11(25)20-14-21-13(15(16,17)18)22-23(10)14/h2-5,10H,6H2,1H3,(H,19,26)(H,20,21,22,25). The molecule has 0 spiro atoms. The summed E-state index contributed by atoms with van der Waals surface area (Å²) in [6.45, 7) is 1.39. The number of carbonyl (C=O) groups excluding carboxylic acids is 3. The van der Waals surface area contributed by atoms with Crippen LogP contribution < -0.4 is 10.6 Å². The summed E-state index contributed by atoms with van der Waals surface area (Å²) >= 11 is 0. The Hall–Kier alpha value is -3.24. The van der Waals surface area contributed by atoms with Gasteiger partial charge in [0.15, 0.2) is 5.78 Å². The lowest BCUT2D eigenvalue weighted by Gasteiger charge is -2.22. The van der Waals surface area contributed by atoms with Gasteiger partial charge in [0.25, 0.3) is 5.82 Å². The molecule has 2 aromatic rings. The molecule has 0 fully saturated rings. The Bertz CT molecular complexity index is 889. The molecule has 0 radical (unpaired) electrons. The maximum Gasteiger partial charge on any atom is 0.453 e. The third-order valence-electron chi connectivity index (χ3n) is 3.67. The number of nitrogens with one attached hydrogen (secondary N) is 2. The monoisotopic (exact) mass is 367 g/mol. The second-order valence-electron chi connectivity index (χ2n) is 5.59. The SMILES string of the molecule is CC(=O)c1ccc(NC(=O)C2CC(=O)Nc3nc(C(F)(F)F)nn32)cc1. The highest BCUT2D eigenvalue weighted by Gasteiger charge is 2.41. The molecule has 1 atom stereocenters. The van der Waals surface area contributed by atoms with E-state index in [1.54, 1.807) is 0 Å². The highest BCUT2D eigenvalue weighted by atomic mass is 19.4. The summed E-state index contributed by atoms with van der Waals surface area (Å²) in [5.41, 5.74) is 0.761. The Labute approximate surface area is 144 Å². The van der Waals surface area contributed by atoms with Gasteiger partial charge < -0.3 is 5.32 Å². The molecule has 1 aliphatic rings. The third-order valence-corrected chi connectivity index (χ3v) is 3.67. The number of Topliss-reactive ketones (excluding diaryl/α,β-unsaturated/α-hetero) is 1. The summed E-state index contributed by atoms with van der Waals surface area (Å²) in [5, 5.41) is 7.94. The minimum Gasteiger partial charge on any atom is -0.324 e. The fourth-order valence-corrected chi connectivity index (χ4v) is 2.40. The number of ketones is 1. The molecule has 2 N–H and O–H groups in total. The van der Waals surface area contributed by atoms with Crippen molar-refractivity contribution in [3.8, 4) is 0 Å². The molecule has 0 saturated heterocycles. The molecule has 1 unspecified atom stereocenters. The number of hydrogen-bond donors (Lipinski definition) is 2. The Morgan fingerprint density at radius 2 is 1.92 bits per heavy atom. The first kappa shape index (κ1) is 17.6. The quantitative estimate of drug-likeness (QED) is 0.808. The molecular formula is C15H12F3N5O3. The number of alkyl halides is 3. The summed E-state index contributed by atoms with van der Waals surface area (Å²) in [7, 11) is 0. The van der Waals surface area contributed by atoms with E-state index >= 15 is 0 Å². The van der Waals surface area contributed by atoms with Gasteiger partial charge in [0, 0.05) is 11.3 Å². The van der Waals surface area contributed by atoms with Crippen LogP contribution in [-0.4, -0.2) is 32.4 Å². The van der Waals surface area contributed by atoms with Crippen LogP contribution in [0.5, 0.6) is 0 Å². The molecule has 0 saturated carbocycles. The average molecular weight is 367 g/mol.